The van der Waals surface area contributed by atoms with Crippen molar-refractivity contribution in [2.45, 2.75) is 0 Å². The van der Waals surface area contributed by atoms with E-state index in [1.54, 1.807) is 0 Å². The van der Waals surface area contributed by atoms with E-state index < -0.39 is 7.91 Å². The van der Waals surface area contributed by atoms with Gasteiger partial charge in [-0.25, -0.2) is 4.57 Å². The largest absolute Gasteiger partial charge is 0 e. The van der Waals surface area contributed by atoms with Crippen LogP contribution in [0.4, 0.5) is 4.20 Å². The van der Waals surface area contributed by atoms with E-state index in [2.05, 4.69) is 0 Å². The predicted octanol–water partition coefficient (Wildman–Crippen LogP) is -2.08. The summed E-state index contributed by atoms with van der Waals surface area (Å²) in [4.78, 5) is 13.9. The Labute approximate surface area is 108 Å². The van der Waals surface area contributed by atoms with Gasteiger partial charge in [-0.1, -0.05) is 0 Å². The molecule has 0 saturated carbocycles. The van der Waals surface area contributed by atoms with Gasteiger partial charge in [0.15, 0.2) is 0 Å². The smallest absolute Gasteiger partial charge is 0 e. The molecule has 0 spiro atoms. The first-order chi connectivity index (χ1) is 2.00. The molecule has 0 saturated heterocycles. The molecule has 0 heterocycles. The standard InChI is InChI=1S/FH2O3P.2Na.H2O.V.2H/c1-5(2,3)4;;;;;;/h(H2,2,3,4);;;1H2;;;. The fourth-order valence-electron chi connectivity index (χ4n) is 0. The van der Waals surface area contributed by atoms with Crippen LogP contribution in [0.15, 0.2) is 0 Å². The topological polar surface area (TPSA) is 89.0 Å². The summed E-state index contributed by atoms with van der Waals surface area (Å²) in [5.74, 6) is 0. The van der Waals surface area contributed by atoms with Crippen molar-refractivity contribution in [1.82, 2.24) is 0 Å². The van der Waals surface area contributed by atoms with Gasteiger partial charge in [0.2, 0.25) is 0 Å². The molecule has 0 unspecified atom stereocenters. The molecule has 0 aromatic carbocycles. The Morgan fingerprint density at radius 2 is 1.22 bits per heavy atom. The Bertz CT molecular complexity index is 64.7. The first kappa shape index (κ1) is 29.9. The third-order valence-corrected chi connectivity index (χ3v) is 0. The summed E-state index contributed by atoms with van der Waals surface area (Å²) in [5, 5.41) is 0. The van der Waals surface area contributed by atoms with Gasteiger partial charge in [0.1, 0.15) is 0 Å². The quantitative estimate of drug-likeness (QED) is 0.360. The van der Waals surface area contributed by atoms with Crippen LogP contribution in [0.3, 0.4) is 0 Å². The molecule has 0 aliphatic carbocycles. The van der Waals surface area contributed by atoms with Crippen LogP contribution in [-0.4, -0.2) is 74.4 Å². The minimum absolute atomic E-state index is 0. The van der Waals surface area contributed by atoms with Crippen LogP contribution in [0.25, 0.3) is 0 Å². The third kappa shape index (κ3) is 115. The van der Waals surface area contributed by atoms with E-state index in [1.807, 2.05) is 0 Å². The Morgan fingerprint density at radius 3 is 1.22 bits per heavy atom. The molecule has 0 aliphatic heterocycles. The van der Waals surface area contributed by atoms with Gasteiger partial charge in [-0.2, -0.15) is 0 Å². The van der Waals surface area contributed by atoms with E-state index in [0.717, 1.165) is 0 Å². The molecule has 0 bridgehead atoms. The Kier molecular flexibility index (Phi) is 44.0. The molecule has 0 fully saturated rings. The summed E-state index contributed by atoms with van der Waals surface area (Å²) in [6.07, 6.45) is 0. The minimum Gasteiger partial charge on any atom is 0 e. The van der Waals surface area contributed by atoms with Crippen LogP contribution in [-0.2, 0) is 23.1 Å². The van der Waals surface area contributed by atoms with Crippen LogP contribution in [0.5, 0.6) is 0 Å². The molecule has 1 radical (unpaired) electrons. The van der Waals surface area contributed by atoms with Crippen molar-refractivity contribution in [3.05, 3.63) is 0 Å². The molecule has 49 valence electrons. The van der Waals surface area contributed by atoms with Gasteiger partial charge in [0.25, 0.3) is 0 Å². The monoisotopic (exact) mass is 217 g/mol. The van der Waals surface area contributed by atoms with Crippen LogP contribution in [0.2, 0.25) is 0 Å². The maximum Gasteiger partial charge on any atom is 0 e. The van der Waals surface area contributed by atoms with Crippen molar-refractivity contribution in [1.29, 1.82) is 0 Å². The Balaban J connectivity index is -0.0000000133. The van der Waals surface area contributed by atoms with Gasteiger partial charge in [-0.05, 0) is 0 Å². The summed E-state index contributed by atoms with van der Waals surface area (Å²) in [6, 6.07) is 0. The van der Waals surface area contributed by atoms with Gasteiger partial charge in [-0.15, -0.1) is 4.20 Å². The molecule has 0 atom stereocenters. The van der Waals surface area contributed by atoms with Crippen molar-refractivity contribution in [3.8, 4) is 0 Å². The molecule has 0 aromatic heterocycles. The van der Waals surface area contributed by atoms with E-state index in [9.17, 15) is 4.20 Å². The molecular weight excluding hydrogens is 211 g/mol. The van der Waals surface area contributed by atoms with Crippen molar-refractivity contribution in [2.75, 3.05) is 0 Å². The third-order valence-electron chi connectivity index (χ3n) is 0. The van der Waals surface area contributed by atoms with Gasteiger partial charge in [0.05, 0.1) is 0 Å². The van der Waals surface area contributed by atoms with E-state index in [0.29, 0.717) is 0 Å². The SMILES string of the molecule is O.O=P(O)(O)F.[NaH].[NaH].[V]. The maximum atomic E-state index is 10.4. The minimum atomic E-state index is -5.14. The molecule has 0 aliphatic rings. The Hall–Kier alpha value is 2.62. The second-order valence-corrected chi connectivity index (χ2v) is 1.42. The van der Waals surface area contributed by atoms with Gasteiger partial charge in [-0.3, -0.25) is 9.79 Å². The molecule has 4 nitrogen and oxygen atoms in total. The average Bonchev–Trinajstić information content (AvgIpc) is 0.722. The van der Waals surface area contributed by atoms with Crippen LogP contribution >= 0.6 is 7.91 Å². The molecule has 0 rings (SSSR count). The predicted molar refractivity (Wildman–Crippen MR) is 31.1 cm³/mol. The van der Waals surface area contributed by atoms with Gasteiger partial charge in [0, 0.05) is 18.6 Å². The number of halogens is 1. The van der Waals surface area contributed by atoms with E-state index in [1.165, 1.54) is 0 Å². The van der Waals surface area contributed by atoms with E-state index in [4.69, 9.17) is 14.4 Å². The summed E-state index contributed by atoms with van der Waals surface area (Å²) >= 11 is 0. The van der Waals surface area contributed by atoms with Crippen molar-refractivity contribution in [3.63, 3.8) is 0 Å². The normalized spacial score (nSPS) is 6.56. The first-order valence-electron chi connectivity index (χ1n) is 0.752. The van der Waals surface area contributed by atoms with Crippen LogP contribution < -0.4 is 0 Å². The fourth-order valence-corrected chi connectivity index (χ4v) is 0. The fraction of sp³-hybridized carbons (Fsp3) is 0. The molecule has 9 heavy (non-hydrogen) atoms. The van der Waals surface area contributed by atoms with Crippen molar-refractivity contribution >= 4 is 67.0 Å². The number of hydrogen-bond donors (Lipinski definition) is 2. The molecule has 4 N–H and O–H groups in total. The zero-order chi connectivity index (χ0) is 4.50. The zero-order valence-corrected chi connectivity index (χ0v) is 5.37. The maximum absolute atomic E-state index is 10.4. The van der Waals surface area contributed by atoms with Crippen LogP contribution in [0.1, 0.15) is 0 Å². The number of rotatable bonds is 0. The molecular formula is H6FNa2O4PV. The summed E-state index contributed by atoms with van der Waals surface area (Å²) in [6.45, 7) is 0. The number of hydrogen-bond acceptors (Lipinski definition) is 1. The van der Waals surface area contributed by atoms with E-state index in [-0.39, 0.29) is 83.1 Å². The summed E-state index contributed by atoms with van der Waals surface area (Å²) < 4.78 is 19.0. The van der Waals surface area contributed by atoms with Gasteiger partial charge < -0.3 is 5.48 Å². The molecule has 9 heteroatoms. The second kappa shape index (κ2) is 13.2. The van der Waals surface area contributed by atoms with E-state index >= 15 is 0 Å². The van der Waals surface area contributed by atoms with Crippen molar-refractivity contribution < 1.29 is 42.6 Å². The first-order valence-corrected chi connectivity index (χ1v) is 2.25. The second-order valence-electron chi connectivity index (χ2n) is 0.473. The summed E-state index contributed by atoms with van der Waals surface area (Å²) in [5.41, 5.74) is 0. The van der Waals surface area contributed by atoms with Gasteiger partial charge >= 0.3 is 67.0 Å². The molecule has 0 amide bonds. The zero-order valence-electron chi connectivity index (χ0n) is 3.08. The summed E-state index contributed by atoms with van der Waals surface area (Å²) in [7, 11) is -5.14. The molecule has 0 aromatic rings. The van der Waals surface area contributed by atoms with Crippen molar-refractivity contribution in [2.24, 2.45) is 0 Å². The average molecular weight is 217 g/mol. The van der Waals surface area contributed by atoms with Crippen LogP contribution in [0, 0.1) is 0 Å². The Morgan fingerprint density at radius 1 is 1.22 bits per heavy atom.